The van der Waals surface area contributed by atoms with Gasteiger partial charge in [0.15, 0.2) is 0 Å². The quantitative estimate of drug-likeness (QED) is 0.671. The first kappa shape index (κ1) is 20.3. The second kappa shape index (κ2) is 10.9. The first-order valence-electron chi connectivity index (χ1n) is 8.04. The van der Waals surface area contributed by atoms with Crippen LogP contribution in [0.4, 0.5) is 10.5 Å². The molecule has 1 aromatic rings. The van der Waals surface area contributed by atoms with E-state index in [1.54, 1.807) is 30.4 Å². The highest BCUT2D eigenvalue weighted by atomic mass is 16.5. The highest BCUT2D eigenvalue weighted by Crippen LogP contribution is 2.22. The lowest BCUT2D eigenvalue weighted by molar-refractivity contribution is 0.254. The fourth-order valence-electron chi connectivity index (χ4n) is 1.90. The van der Waals surface area contributed by atoms with Gasteiger partial charge in [0.1, 0.15) is 12.4 Å². The van der Waals surface area contributed by atoms with Crippen molar-refractivity contribution in [1.82, 2.24) is 10.2 Å². The van der Waals surface area contributed by atoms with Crippen LogP contribution in [0, 0.1) is 6.92 Å². The van der Waals surface area contributed by atoms with Crippen molar-refractivity contribution < 1.29 is 9.53 Å². The van der Waals surface area contributed by atoms with Gasteiger partial charge < -0.3 is 20.3 Å². The lowest BCUT2D eigenvalue weighted by atomic mass is 10.2. The zero-order valence-corrected chi connectivity index (χ0v) is 15.2. The average molecular weight is 341 g/mol. The molecule has 134 valence electrons. The van der Waals surface area contributed by atoms with Crippen molar-refractivity contribution in [3.8, 4) is 5.75 Å². The molecule has 0 aliphatic rings. The van der Waals surface area contributed by atoms with Gasteiger partial charge >= 0.3 is 6.03 Å². The number of allylic oxidation sites excluding steroid dienone is 5. The van der Waals surface area contributed by atoms with Gasteiger partial charge in [0.2, 0.25) is 0 Å². The highest BCUT2D eigenvalue weighted by molar-refractivity contribution is 5.91. The van der Waals surface area contributed by atoms with Crippen molar-refractivity contribution in [3.63, 3.8) is 0 Å². The lowest BCUT2D eigenvalue weighted by Gasteiger charge is -2.14. The van der Waals surface area contributed by atoms with Crippen molar-refractivity contribution in [2.75, 3.05) is 32.6 Å². The van der Waals surface area contributed by atoms with Gasteiger partial charge in [-0.1, -0.05) is 37.5 Å². The molecule has 0 bridgehead atoms. The van der Waals surface area contributed by atoms with E-state index >= 15 is 0 Å². The van der Waals surface area contributed by atoms with Gasteiger partial charge in [0.25, 0.3) is 0 Å². The Kier molecular flexibility index (Phi) is 8.82. The number of aryl methyl sites for hydroxylation is 1. The maximum atomic E-state index is 12.2. The Morgan fingerprint density at radius 2 is 2.04 bits per heavy atom. The third-order valence-electron chi connectivity index (χ3n) is 3.21. The van der Waals surface area contributed by atoms with E-state index in [1.807, 2.05) is 39.2 Å². The molecule has 2 amide bonds. The van der Waals surface area contributed by atoms with Gasteiger partial charge in [-0.3, -0.25) is 0 Å². The van der Waals surface area contributed by atoms with Gasteiger partial charge in [-0.25, -0.2) is 4.79 Å². The number of carbonyl (C=O) groups is 1. The van der Waals surface area contributed by atoms with Crippen molar-refractivity contribution in [1.29, 1.82) is 0 Å². The molecule has 0 fully saturated rings. The van der Waals surface area contributed by atoms with Crippen LogP contribution in [0.15, 0.2) is 67.4 Å². The summed E-state index contributed by atoms with van der Waals surface area (Å²) in [5.41, 5.74) is 2.29. The van der Waals surface area contributed by atoms with E-state index in [0.29, 0.717) is 18.0 Å². The summed E-state index contributed by atoms with van der Waals surface area (Å²) in [7, 11) is 3.99. The molecule has 0 heterocycles. The summed E-state index contributed by atoms with van der Waals surface area (Å²) in [5.74, 6) is 0.757. The Hall–Kier alpha value is -2.79. The van der Waals surface area contributed by atoms with Gasteiger partial charge in [-0.2, -0.15) is 0 Å². The van der Waals surface area contributed by atoms with Crippen LogP contribution in [0.1, 0.15) is 5.56 Å². The first-order valence-corrected chi connectivity index (χ1v) is 8.04. The molecule has 0 aliphatic heterocycles. The van der Waals surface area contributed by atoms with Crippen LogP contribution in [-0.4, -0.2) is 38.2 Å². The molecule has 0 aliphatic carbocycles. The maximum absolute atomic E-state index is 12.2. The Balaban J connectivity index is 2.73. The fraction of sp³-hybridized carbons (Fsp3) is 0.250. The van der Waals surface area contributed by atoms with Gasteiger partial charge in [-0.15, -0.1) is 0 Å². The standard InChI is InChI=1S/C20H27N3O2/c1-6-8-10-17(9-7-2)21-20(24)22-18-12-11-16(3)19(15-18)25-14-13-23(4)5/h6-12,15H,1-2,13-14H2,3-5H3,(H2,21,22,24)/b10-8-,17-9+. The Labute approximate surface area is 150 Å². The predicted molar refractivity (Wildman–Crippen MR) is 105 cm³/mol. The number of urea groups is 1. The Bertz CT molecular complexity index is 661. The van der Waals surface area contributed by atoms with E-state index in [9.17, 15) is 4.79 Å². The molecule has 0 saturated heterocycles. The number of likely N-dealkylation sites (N-methyl/N-ethyl adjacent to an activating group) is 1. The summed E-state index contributed by atoms with van der Waals surface area (Å²) in [6.07, 6.45) is 8.40. The monoisotopic (exact) mass is 341 g/mol. The van der Waals surface area contributed by atoms with Gasteiger partial charge in [0.05, 0.1) is 0 Å². The van der Waals surface area contributed by atoms with E-state index in [-0.39, 0.29) is 6.03 Å². The summed E-state index contributed by atoms with van der Waals surface area (Å²) in [4.78, 5) is 14.2. The molecular formula is C20H27N3O2. The third-order valence-corrected chi connectivity index (χ3v) is 3.21. The number of hydrogen-bond acceptors (Lipinski definition) is 3. The summed E-state index contributed by atoms with van der Waals surface area (Å²) in [5, 5.41) is 5.55. The largest absolute Gasteiger partial charge is 0.492 e. The molecule has 0 saturated carbocycles. The normalized spacial score (nSPS) is 11.4. The van der Waals surface area contributed by atoms with Crippen molar-refractivity contribution in [2.45, 2.75) is 6.92 Å². The molecule has 5 nitrogen and oxygen atoms in total. The highest BCUT2D eigenvalue weighted by Gasteiger charge is 2.06. The number of nitrogens with one attached hydrogen (secondary N) is 2. The SMILES string of the molecule is C=C/C=C\C(=C/C=C)NC(=O)Nc1ccc(C)c(OCCN(C)C)c1. The zero-order chi connectivity index (χ0) is 18.7. The Morgan fingerprint density at radius 3 is 2.68 bits per heavy atom. The number of hydrogen-bond donors (Lipinski definition) is 2. The van der Waals surface area contributed by atoms with Crippen molar-refractivity contribution in [3.05, 3.63) is 73.0 Å². The van der Waals surface area contributed by atoms with Crippen LogP contribution in [0.5, 0.6) is 5.75 Å². The van der Waals surface area contributed by atoms with E-state index in [2.05, 4.69) is 28.7 Å². The van der Waals surface area contributed by atoms with Crippen LogP contribution in [-0.2, 0) is 0 Å². The van der Waals surface area contributed by atoms with Crippen LogP contribution in [0.3, 0.4) is 0 Å². The number of nitrogens with zero attached hydrogens (tertiary/aromatic N) is 1. The molecule has 1 aromatic carbocycles. The molecular weight excluding hydrogens is 314 g/mol. The van der Waals surface area contributed by atoms with Crippen LogP contribution >= 0.6 is 0 Å². The number of carbonyl (C=O) groups excluding carboxylic acids is 1. The van der Waals surface area contributed by atoms with E-state index < -0.39 is 0 Å². The number of benzene rings is 1. The molecule has 0 unspecified atom stereocenters. The molecule has 0 aromatic heterocycles. The summed E-state index contributed by atoms with van der Waals surface area (Å²) in [6, 6.07) is 5.23. The molecule has 5 heteroatoms. The van der Waals surface area contributed by atoms with Gasteiger partial charge in [0, 0.05) is 24.0 Å². The number of ether oxygens (including phenoxy) is 1. The minimum atomic E-state index is -0.343. The van der Waals surface area contributed by atoms with Crippen molar-refractivity contribution >= 4 is 11.7 Å². The van der Waals surface area contributed by atoms with E-state index in [1.165, 1.54) is 0 Å². The second-order valence-corrected chi connectivity index (χ2v) is 5.66. The zero-order valence-electron chi connectivity index (χ0n) is 15.2. The number of rotatable bonds is 9. The molecule has 1 rings (SSSR count). The average Bonchev–Trinajstić information content (AvgIpc) is 2.55. The topological polar surface area (TPSA) is 53.6 Å². The lowest BCUT2D eigenvalue weighted by Crippen LogP contribution is -2.27. The molecule has 0 spiro atoms. The summed E-state index contributed by atoms with van der Waals surface area (Å²) in [6.45, 7) is 10.6. The minimum absolute atomic E-state index is 0.343. The predicted octanol–water partition coefficient (Wildman–Crippen LogP) is 3.87. The summed E-state index contributed by atoms with van der Waals surface area (Å²) < 4.78 is 5.78. The van der Waals surface area contributed by atoms with Gasteiger partial charge in [-0.05, 0) is 44.8 Å². The minimum Gasteiger partial charge on any atom is -0.492 e. The van der Waals surface area contributed by atoms with Crippen LogP contribution in [0.2, 0.25) is 0 Å². The molecule has 0 atom stereocenters. The molecule has 0 radical (unpaired) electrons. The van der Waals surface area contributed by atoms with Crippen molar-refractivity contribution in [2.24, 2.45) is 0 Å². The number of amides is 2. The smallest absolute Gasteiger partial charge is 0.323 e. The Morgan fingerprint density at radius 1 is 1.28 bits per heavy atom. The third kappa shape index (κ3) is 8.04. The van der Waals surface area contributed by atoms with E-state index in [0.717, 1.165) is 17.9 Å². The maximum Gasteiger partial charge on any atom is 0.323 e. The fourth-order valence-corrected chi connectivity index (χ4v) is 1.90. The van der Waals surface area contributed by atoms with Crippen LogP contribution in [0.25, 0.3) is 0 Å². The molecule has 25 heavy (non-hydrogen) atoms. The second-order valence-electron chi connectivity index (χ2n) is 5.66. The van der Waals surface area contributed by atoms with Crippen LogP contribution < -0.4 is 15.4 Å². The number of anilines is 1. The molecule has 2 N–H and O–H groups in total. The van der Waals surface area contributed by atoms with E-state index in [4.69, 9.17) is 4.74 Å². The summed E-state index contributed by atoms with van der Waals surface area (Å²) >= 11 is 0. The first-order chi connectivity index (χ1) is 12.0.